The Morgan fingerprint density at radius 2 is 2.16 bits per heavy atom. The van der Waals surface area contributed by atoms with Crippen molar-refractivity contribution in [2.75, 3.05) is 29.9 Å². The second kappa shape index (κ2) is 5.40. The van der Waals surface area contributed by atoms with E-state index >= 15 is 0 Å². The van der Waals surface area contributed by atoms with Crippen LogP contribution in [0.1, 0.15) is 18.9 Å². The summed E-state index contributed by atoms with van der Waals surface area (Å²) in [6, 6.07) is 5.77. The van der Waals surface area contributed by atoms with Gasteiger partial charge >= 0.3 is 0 Å². The van der Waals surface area contributed by atoms with Gasteiger partial charge in [0.1, 0.15) is 0 Å². The molecule has 0 radical (unpaired) electrons. The number of amides is 2. The molecule has 5 nitrogen and oxygen atoms in total. The minimum atomic E-state index is -0.155. The number of hydrogen-bond acceptors (Lipinski definition) is 3. The number of nitrogens with two attached hydrogens (primary N) is 1. The lowest BCUT2D eigenvalue weighted by Gasteiger charge is -2.25. The fourth-order valence-corrected chi connectivity index (χ4v) is 2.46. The predicted octanol–water partition coefficient (Wildman–Crippen LogP) is 0.907. The summed E-state index contributed by atoms with van der Waals surface area (Å²) in [5, 5.41) is 0. The van der Waals surface area contributed by atoms with E-state index in [1.165, 1.54) is 0 Å². The molecule has 0 bridgehead atoms. The van der Waals surface area contributed by atoms with Crippen LogP contribution < -0.4 is 15.5 Å². The van der Waals surface area contributed by atoms with Gasteiger partial charge in [0.15, 0.2) is 0 Å². The van der Waals surface area contributed by atoms with E-state index in [4.69, 9.17) is 5.73 Å². The molecule has 0 saturated carbocycles. The predicted molar refractivity (Wildman–Crippen MR) is 75.3 cm³/mol. The fourth-order valence-electron chi connectivity index (χ4n) is 2.46. The van der Waals surface area contributed by atoms with E-state index in [2.05, 4.69) is 0 Å². The van der Waals surface area contributed by atoms with Crippen molar-refractivity contribution in [2.45, 2.75) is 19.8 Å². The maximum atomic E-state index is 12.1. The molecule has 1 heterocycles. The summed E-state index contributed by atoms with van der Waals surface area (Å²) in [6.45, 7) is 2.38. The van der Waals surface area contributed by atoms with Crippen molar-refractivity contribution in [3.63, 3.8) is 0 Å². The normalized spacial score (nSPS) is 15.2. The average Bonchev–Trinajstić information content (AvgIpc) is 2.56. The Kier molecular flexibility index (Phi) is 3.85. The number of carbonyl (C=O) groups excluding carboxylic acids is 2. The van der Waals surface area contributed by atoms with Gasteiger partial charge in [-0.1, -0.05) is 19.1 Å². The first-order valence-electron chi connectivity index (χ1n) is 6.49. The summed E-state index contributed by atoms with van der Waals surface area (Å²) in [7, 11) is 1.76. The Balaban J connectivity index is 2.60. The van der Waals surface area contributed by atoms with E-state index in [0.717, 1.165) is 23.4 Å². The van der Waals surface area contributed by atoms with Crippen LogP contribution in [-0.4, -0.2) is 32.0 Å². The third kappa shape index (κ3) is 2.33. The highest BCUT2D eigenvalue weighted by atomic mass is 16.2. The molecule has 2 rings (SSSR count). The fraction of sp³-hybridized carbons (Fsp3) is 0.429. The summed E-state index contributed by atoms with van der Waals surface area (Å²) in [5.74, 6) is -0.132. The Bertz CT molecular complexity index is 513. The lowest BCUT2D eigenvalue weighted by atomic mass is 10.1. The number of fused-ring (bicyclic) bond motifs is 1. The Morgan fingerprint density at radius 3 is 2.79 bits per heavy atom. The van der Waals surface area contributed by atoms with Gasteiger partial charge in [-0.3, -0.25) is 9.59 Å². The van der Waals surface area contributed by atoms with E-state index in [-0.39, 0.29) is 18.4 Å². The Morgan fingerprint density at radius 1 is 1.42 bits per heavy atom. The smallest absolute Gasteiger partial charge is 0.240 e. The van der Waals surface area contributed by atoms with Gasteiger partial charge in [-0.15, -0.1) is 0 Å². The van der Waals surface area contributed by atoms with Crippen molar-refractivity contribution in [1.82, 2.24) is 0 Å². The standard InChI is InChI=1S/C14H19N3O2/c1-3-10-5-4-6-11-14(10)16(2)12(18)7-8-17(11)13(19)9-15/h4-6H,3,7-9,15H2,1-2H3. The van der Waals surface area contributed by atoms with Crippen molar-refractivity contribution >= 4 is 23.2 Å². The first-order chi connectivity index (χ1) is 9.10. The Labute approximate surface area is 113 Å². The minimum absolute atomic E-state index is 0.0227. The average molecular weight is 261 g/mol. The van der Waals surface area contributed by atoms with Crippen LogP contribution in [0.4, 0.5) is 11.4 Å². The molecule has 102 valence electrons. The van der Waals surface area contributed by atoms with Gasteiger partial charge in [0.2, 0.25) is 11.8 Å². The van der Waals surface area contributed by atoms with Crippen LogP contribution in [0.5, 0.6) is 0 Å². The number of hydrogen-bond donors (Lipinski definition) is 1. The molecule has 2 amide bonds. The summed E-state index contributed by atoms with van der Waals surface area (Å²) >= 11 is 0. The molecule has 0 spiro atoms. The van der Waals surface area contributed by atoms with E-state index in [0.29, 0.717) is 13.0 Å². The molecule has 1 aliphatic heterocycles. The molecule has 0 aliphatic carbocycles. The topological polar surface area (TPSA) is 66.6 Å². The highest BCUT2D eigenvalue weighted by Crippen LogP contribution is 2.35. The first-order valence-corrected chi connectivity index (χ1v) is 6.49. The largest absolute Gasteiger partial charge is 0.322 e. The maximum Gasteiger partial charge on any atom is 0.240 e. The second-order valence-electron chi connectivity index (χ2n) is 4.59. The monoisotopic (exact) mass is 261 g/mol. The molecule has 5 heteroatoms. The quantitative estimate of drug-likeness (QED) is 0.860. The molecule has 0 unspecified atom stereocenters. The molecule has 1 aromatic carbocycles. The molecule has 0 atom stereocenters. The number of carbonyl (C=O) groups is 2. The van der Waals surface area contributed by atoms with Gasteiger partial charge in [-0.2, -0.15) is 0 Å². The van der Waals surface area contributed by atoms with Crippen molar-refractivity contribution in [1.29, 1.82) is 0 Å². The lowest BCUT2D eigenvalue weighted by Crippen LogP contribution is -2.36. The molecule has 1 aliphatic rings. The molecular weight excluding hydrogens is 242 g/mol. The van der Waals surface area contributed by atoms with E-state index in [1.807, 2.05) is 25.1 Å². The maximum absolute atomic E-state index is 12.1. The van der Waals surface area contributed by atoms with Gasteiger partial charge in [0.05, 0.1) is 17.9 Å². The van der Waals surface area contributed by atoms with Gasteiger partial charge in [-0.25, -0.2) is 0 Å². The van der Waals surface area contributed by atoms with Gasteiger partial charge in [0.25, 0.3) is 0 Å². The van der Waals surface area contributed by atoms with Crippen LogP contribution in [0.25, 0.3) is 0 Å². The Hall–Kier alpha value is -1.88. The highest BCUT2D eigenvalue weighted by molar-refractivity contribution is 6.05. The van der Waals surface area contributed by atoms with Crippen LogP contribution in [0.2, 0.25) is 0 Å². The number of aryl methyl sites for hydroxylation is 1. The summed E-state index contributed by atoms with van der Waals surface area (Å²) in [4.78, 5) is 27.3. The van der Waals surface area contributed by atoms with Gasteiger partial charge in [-0.05, 0) is 18.1 Å². The molecule has 0 aromatic heterocycles. The molecule has 2 N–H and O–H groups in total. The third-order valence-electron chi connectivity index (χ3n) is 3.50. The van der Waals surface area contributed by atoms with Crippen LogP contribution in [0.3, 0.4) is 0 Å². The third-order valence-corrected chi connectivity index (χ3v) is 3.50. The van der Waals surface area contributed by atoms with Crippen LogP contribution in [-0.2, 0) is 16.0 Å². The van der Waals surface area contributed by atoms with E-state index in [1.54, 1.807) is 16.8 Å². The molecule has 1 aromatic rings. The zero-order valence-electron chi connectivity index (χ0n) is 11.3. The number of anilines is 2. The summed E-state index contributed by atoms with van der Waals surface area (Å²) in [5.41, 5.74) is 8.13. The highest BCUT2D eigenvalue weighted by Gasteiger charge is 2.28. The van der Waals surface area contributed by atoms with Crippen LogP contribution in [0.15, 0.2) is 18.2 Å². The second-order valence-corrected chi connectivity index (χ2v) is 4.59. The van der Waals surface area contributed by atoms with Gasteiger partial charge in [0, 0.05) is 20.0 Å². The van der Waals surface area contributed by atoms with Crippen molar-refractivity contribution < 1.29 is 9.59 Å². The van der Waals surface area contributed by atoms with E-state index in [9.17, 15) is 9.59 Å². The number of rotatable bonds is 2. The number of benzene rings is 1. The SMILES string of the molecule is CCc1cccc2c1N(C)C(=O)CCN2C(=O)CN. The number of para-hydroxylation sites is 1. The molecule has 0 fully saturated rings. The van der Waals surface area contributed by atoms with Crippen molar-refractivity contribution in [3.05, 3.63) is 23.8 Å². The summed E-state index contributed by atoms with van der Waals surface area (Å²) in [6.07, 6.45) is 1.13. The number of nitrogens with zero attached hydrogens (tertiary/aromatic N) is 2. The molecular formula is C14H19N3O2. The van der Waals surface area contributed by atoms with Crippen molar-refractivity contribution in [2.24, 2.45) is 5.73 Å². The zero-order valence-corrected chi connectivity index (χ0v) is 11.3. The van der Waals surface area contributed by atoms with E-state index < -0.39 is 0 Å². The molecule has 19 heavy (non-hydrogen) atoms. The summed E-state index contributed by atoms with van der Waals surface area (Å²) < 4.78 is 0. The lowest BCUT2D eigenvalue weighted by molar-refractivity contribution is -0.118. The first kappa shape index (κ1) is 13.5. The van der Waals surface area contributed by atoms with Crippen LogP contribution in [0, 0.1) is 0 Å². The van der Waals surface area contributed by atoms with Gasteiger partial charge < -0.3 is 15.5 Å². The van der Waals surface area contributed by atoms with Crippen LogP contribution >= 0.6 is 0 Å². The minimum Gasteiger partial charge on any atom is -0.322 e. The molecule has 0 saturated heterocycles. The zero-order chi connectivity index (χ0) is 14.0. The van der Waals surface area contributed by atoms with Crippen molar-refractivity contribution in [3.8, 4) is 0 Å².